The summed E-state index contributed by atoms with van der Waals surface area (Å²) in [7, 11) is 1.52. The van der Waals surface area contributed by atoms with Gasteiger partial charge in [0.15, 0.2) is 0 Å². The first-order chi connectivity index (χ1) is 9.54. The van der Waals surface area contributed by atoms with Crippen LogP contribution in [0.15, 0.2) is 18.2 Å². The molecule has 5 nitrogen and oxygen atoms in total. The van der Waals surface area contributed by atoms with Crippen molar-refractivity contribution in [2.24, 2.45) is 0 Å². The lowest BCUT2D eigenvalue weighted by Crippen LogP contribution is -2.25. The number of hydrogen-bond acceptors (Lipinski definition) is 4. The molecule has 1 amide bonds. The Labute approximate surface area is 120 Å². The number of rotatable bonds is 8. The van der Waals surface area contributed by atoms with Gasteiger partial charge < -0.3 is 20.5 Å². The first-order valence-electron chi connectivity index (χ1n) is 6.88. The summed E-state index contributed by atoms with van der Waals surface area (Å²) < 4.78 is 10.6. The predicted octanol–water partition coefficient (Wildman–Crippen LogP) is 2.21. The van der Waals surface area contributed by atoms with Gasteiger partial charge in [0.1, 0.15) is 5.75 Å². The Bertz CT molecular complexity index is 433. The molecular formula is C15H24N2O3. The van der Waals surface area contributed by atoms with Crippen molar-refractivity contribution in [2.75, 3.05) is 26.0 Å². The SMILES string of the molecule is COc1cc(N)ccc1C(=O)NCCCCOC(C)C. The van der Waals surface area contributed by atoms with Crippen LogP contribution in [-0.4, -0.2) is 32.3 Å². The van der Waals surface area contributed by atoms with Crippen LogP contribution in [0.1, 0.15) is 37.0 Å². The lowest BCUT2D eigenvalue weighted by atomic mass is 10.1. The Kier molecular flexibility index (Phi) is 6.87. The molecule has 1 rings (SSSR count). The van der Waals surface area contributed by atoms with Crippen LogP contribution in [0.5, 0.6) is 5.75 Å². The van der Waals surface area contributed by atoms with E-state index in [-0.39, 0.29) is 12.0 Å². The van der Waals surface area contributed by atoms with Crippen molar-refractivity contribution in [1.29, 1.82) is 0 Å². The molecule has 0 radical (unpaired) electrons. The second kappa shape index (κ2) is 8.43. The number of carbonyl (C=O) groups is 1. The minimum atomic E-state index is -0.147. The lowest BCUT2D eigenvalue weighted by Gasteiger charge is -2.10. The van der Waals surface area contributed by atoms with Gasteiger partial charge in [-0.1, -0.05) is 0 Å². The van der Waals surface area contributed by atoms with E-state index < -0.39 is 0 Å². The normalized spacial score (nSPS) is 10.6. The number of nitrogen functional groups attached to an aromatic ring is 1. The molecule has 20 heavy (non-hydrogen) atoms. The number of unbranched alkanes of at least 4 members (excludes halogenated alkanes) is 1. The number of benzene rings is 1. The second-order valence-electron chi connectivity index (χ2n) is 4.84. The molecule has 0 saturated carbocycles. The maximum Gasteiger partial charge on any atom is 0.255 e. The van der Waals surface area contributed by atoms with Gasteiger partial charge in [0.2, 0.25) is 0 Å². The van der Waals surface area contributed by atoms with Gasteiger partial charge in [-0.25, -0.2) is 0 Å². The van der Waals surface area contributed by atoms with Gasteiger partial charge >= 0.3 is 0 Å². The molecule has 0 aromatic heterocycles. The number of anilines is 1. The molecule has 1 aromatic carbocycles. The maximum atomic E-state index is 12.0. The van der Waals surface area contributed by atoms with Crippen LogP contribution in [0, 0.1) is 0 Å². The van der Waals surface area contributed by atoms with Gasteiger partial charge in [0.05, 0.1) is 18.8 Å². The van der Waals surface area contributed by atoms with Crippen molar-refractivity contribution in [3.8, 4) is 5.75 Å². The van der Waals surface area contributed by atoms with E-state index in [1.54, 1.807) is 18.2 Å². The molecule has 5 heteroatoms. The first-order valence-corrected chi connectivity index (χ1v) is 6.88. The van der Waals surface area contributed by atoms with Crippen LogP contribution in [0.4, 0.5) is 5.69 Å². The summed E-state index contributed by atoms with van der Waals surface area (Å²) in [6.07, 6.45) is 2.07. The summed E-state index contributed by atoms with van der Waals surface area (Å²) >= 11 is 0. The lowest BCUT2D eigenvalue weighted by molar-refractivity contribution is 0.0754. The van der Waals surface area contributed by atoms with Crippen LogP contribution in [0.3, 0.4) is 0 Å². The highest BCUT2D eigenvalue weighted by Crippen LogP contribution is 2.21. The number of nitrogens with two attached hydrogens (primary N) is 1. The highest BCUT2D eigenvalue weighted by atomic mass is 16.5. The summed E-state index contributed by atoms with van der Waals surface area (Å²) in [5.74, 6) is 0.345. The fourth-order valence-corrected chi connectivity index (χ4v) is 1.74. The molecular weight excluding hydrogens is 256 g/mol. The number of methoxy groups -OCH3 is 1. The largest absolute Gasteiger partial charge is 0.496 e. The van der Waals surface area contributed by atoms with Crippen molar-refractivity contribution in [3.63, 3.8) is 0 Å². The summed E-state index contributed by atoms with van der Waals surface area (Å²) in [6.45, 7) is 5.36. The van der Waals surface area contributed by atoms with Crippen LogP contribution >= 0.6 is 0 Å². The van der Waals surface area contributed by atoms with Gasteiger partial charge in [0, 0.05) is 24.9 Å². The summed E-state index contributed by atoms with van der Waals surface area (Å²) in [5.41, 5.74) is 6.73. The van der Waals surface area contributed by atoms with Gasteiger partial charge in [-0.2, -0.15) is 0 Å². The molecule has 0 saturated heterocycles. The Morgan fingerprint density at radius 3 is 2.75 bits per heavy atom. The minimum Gasteiger partial charge on any atom is -0.496 e. The number of ether oxygens (including phenoxy) is 2. The molecule has 0 bridgehead atoms. The maximum absolute atomic E-state index is 12.0. The average Bonchev–Trinajstić information content (AvgIpc) is 2.41. The fraction of sp³-hybridized carbons (Fsp3) is 0.533. The fourth-order valence-electron chi connectivity index (χ4n) is 1.74. The first kappa shape index (κ1) is 16.3. The van der Waals surface area contributed by atoms with E-state index >= 15 is 0 Å². The van der Waals surface area contributed by atoms with Crippen LogP contribution < -0.4 is 15.8 Å². The zero-order valence-electron chi connectivity index (χ0n) is 12.4. The topological polar surface area (TPSA) is 73.6 Å². The highest BCUT2D eigenvalue weighted by molar-refractivity contribution is 5.97. The number of amides is 1. The zero-order chi connectivity index (χ0) is 15.0. The van der Waals surface area contributed by atoms with Gasteiger partial charge in [0.25, 0.3) is 5.91 Å². The number of hydrogen-bond donors (Lipinski definition) is 2. The van der Waals surface area contributed by atoms with Crippen molar-refractivity contribution < 1.29 is 14.3 Å². The van der Waals surface area contributed by atoms with Gasteiger partial charge in [-0.3, -0.25) is 4.79 Å². The molecule has 1 aromatic rings. The smallest absolute Gasteiger partial charge is 0.255 e. The zero-order valence-corrected chi connectivity index (χ0v) is 12.4. The standard InChI is InChI=1S/C15H24N2O3/c1-11(2)20-9-5-4-8-17-15(18)13-7-6-12(16)10-14(13)19-3/h6-7,10-11H,4-5,8-9,16H2,1-3H3,(H,17,18). The molecule has 0 aliphatic carbocycles. The van der Waals surface area contributed by atoms with Crippen molar-refractivity contribution in [3.05, 3.63) is 23.8 Å². The minimum absolute atomic E-state index is 0.147. The third-order valence-corrected chi connectivity index (χ3v) is 2.78. The van der Waals surface area contributed by atoms with Crippen LogP contribution in [0.25, 0.3) is 0 Å². The molecule has 0 heterocycles. The Morgan fingerprint density at radius 2 is 2.10 bits per heavy atom. The third kappa shape index (κ3) is 5.48. The van der Waals surface area contributed by atoms with E-state index in [0.717, 1.165) is 19.4 Å². The monoisotopic (exact) mass is 280 g/mol. The molecule has 0 aliphatic heterocycles. The summed E-state index contributed by atoms with van der Waals surface area (Å²) in [6, 6.07) is 5.00. The van der Waals surface area contributed by atoms with Gasteiger partial charge in [-0.15, -0.1) is 0 Å². The third-order valence-electron chi connectivity index (χ3n) is 2.78. The molecule has 3 N–H and O–H groups in total. The quantitative estimate of drug-likeness (QED) is 0.565. The molecule has 0 atom stereocenters. The number of carbonyl (C=O) groups excluding carboxylic acids is 1. The summed E-state index contributed by atoms with van der Waals surface area (Å²) in [5, 5.41) is 2.87. The Morgan fingerprint density at radius 1 is 1.35 bits per heavy atom. The Balaban J connectivity index is 2.36. The van der Waals surface area contributed by atoms with E-state index in [1.165, 1.54) is 7.11 Å². The van der Waals surface area contributed by atoms with E-state index in [0.29, 0.717) is 23.5 Å². The van der Waals surface area contributed by atoms with Crippen LogP contribution in [0.2, 0.25) is 0 Å². The van der Waals surface area contributed by atoms with E-state index in [1.807, 2.05) is 13.8 Å². The van der Waals surface area contributed by atoms with E-state index in [2.05, 4.69) is 5.32 Å². The van der Waals surface area contributed by atoms with E-state index in [4.69, 9.17) is 15.2 Å². The predicted molar refractivity (Wildman–Crippen MR) is 80.1 cm³/mol. The van der Waals surface area contributed by atoms with Crippen molar-refractivity contribution >= 4 is 11.6 Å². The molecule has 0 fully saturated rings. The highest BCUT2D eigenvalue weighted by Gasteiger charge is 2.11. The molecule has 112 valence electrons. The molecule has 0 spiro atoms. The van der Waals surface area contributed by atoms with Crippen molar-refractivity contribution in [1.82, 2.24) is 5.32 Å². The van der Waals surface area contributed by atoms with Crippen molar-refractivity contribution in [2.45, 2.75) is 32.8 Å². The van der Waals surface area contributed by atoms with Crippen LogP contribution in [-0.2, 0) is 4.74 Å². The summed E-state index contributed by atoms with van der Waals surface area (Å²) in [4.78, 5) is 12.0. The Hall–Kier alpha value is -1.75. The van der Waals surface area contributed by atoms with E-state index in [9.17, 15) is 4.79 Å². The molecule has 0 aliphatic rings. The molecule has 0 unspecified atom stereocenters. The average molecular weight is 280 g/mol. The van der Waals surface area contributed by atoms with Gasteiger partial charge in [-0.05, 0) is 38.8 Å². The number of nitrogens with one attached hydrogen (secondary N) is 1. The second-order valence-corrected chi connectivity index (χ2v) is 4.84.